The summed E-state index contributed by atoms with van der Waals surface area (Å²) in [7, 11) is 0. The Morgan fingerprint density at radius 3 is 2.76 bits per heavy atom. The van der Waals surface area contributed by atoms with Gasteiger partial charge in [-0.05, 0) is 5.56 Å². The van der Waals surface area contributed by atoms with Crippen molar-refractivity contribution in [3.05, 3.63) is 53.7 Å². The van der Waals surface area contributed by atoms with E-state index >= 15 is 0 Å². The molecule has 1 aromatic heterocycles. The molecular formula is C13H13NO3. The second-order valence-electron chi connectivity index (χ2n) is 3.79. The average molecular weight is 231 g/mol. The fourth-order valence-corrected chi connectivity index (χ4v) is 1.56. The third kappa shape index (κ3) is 3.45. The molecule has 88 valence electrons. The Morgan fingerprint density at radius 1 is 1.29 bits per heavy atom. The van der Waals surface area contributed by atoms with Crippen molar-refractivity contribution in [3.8, 4) is 0 Å². The molecule has 4 nitrogen and oxygen atoms in total. The van der Waals surface area contributed by atoms with Crippen molar-refractivity contribution in [2.45, 2.75) is 19.3 Å². The van der Waals surface area contributed by atoms with Crippen molar-refractivity contribution >= 4 is 5.97 Å². The van der Waals surface area contributed by atoms with Gasteiger partial charge < -0.3 is 9.52 Å². The summed E-state index contributed by atoms with van der Waals surface area (Å²) >= 11 is 0. The molecule has 0 amide bonds. The standard InChI is InChI=1S/C13H13NO3/c15-13(16)7-6-12-14-11(9-17-12)8-10-4-2-1-3-5-10/h1-5,9H,6-8H2,(H,15,16). The first-order chi connectivity index (χ1) is 8.24. The summed E-state index contributed by atoms with van der Waals surface area (Å²) in [6.07, 6.45) is 2.68. The molecule has 0 atom stereocenters. The number of carboxylic acid groups (broad SMARTS) is 1. The molecule has 0 bridgehead atoms. The van der Waals surface area contributed by atoms with Gasteiger partial charge in [0.1, 0.15) is 6.26 Å². The van der Waals surface area contributed by atoms with E-state index in [0.717, 1.165) is 11.3 Å². The van der Waals surface area contributed by atoms with Gasteiger partial charge in [0.25, 0.3) is 0 Å². The molecule has 0 unspecified atom stereocenters. The SMILES string of the molecule is O=C(O)CCc1nc(Cc2ccccc2)co1. The van der Waals surface area contributed by atoms with Crippen LogP contribution in [0, 0.1) is 0 Å². The van der Waals surface area contributed by atoms with E-state index in [2.05, 4.69) is 4.98 Å². The van der Waals surface area contributed by atoms with Gasteiger partial charge in [-0.15, -0.1) is 0 Å². The summed E-state index contributed by atoms with van der Waals surface area (Å²) in [5.41, 5.74) is 1.99. The predicted octanol–water partition coefficient (Wildman–Crippen LogP) is 2.28. The Balaban J connectivity index is 1.97. The van der Waals surface area contributed by atoms with E-state index in [1.54, 1.807) is 6.26 Å². The van der Waals surface area contributed by atoms with Crippen LogP contribution in [0.15, 0.2) is 41.0 Å². The Bertz CT molecular complexity index is 490. The number of aliphatic carboxylic acids is 1. The highest BCUT2D eigenvalue weighted by atomic mass is 16.4. The third-order valence-corrected chi connectivity index (χ3v) is 2.38. The maximum atomic E-state index is 10.4. The predicted molar refractivity (Wildman–Crippen MR) is 61.7 cm³/mol. The molecule has 1 aromatic carbocycles. The van der Waals surface area contributed by atoms with E-state index in [9.17, 15) is 4.79 Å². The third-order valence-electron chi connectivity index (χ3n) is 2.38. The first kappa shape index (κ1) is 11.4. The van der Waals surface area contributed by atoms with Crippen LogP contribution in [-0.2, 0) is 17.6 Å². The molecule has 4 heteroatoms. The molecule has 1 heterocycles. The van der Waals surface area contributed by atoms with E-state index in [1.807, 2.05) is 30.3 Å². The van der Waals surface area contributed by atoms with Gasteiger partial charge >= 0.3 is 5.97 Å². The molecule has 0 aliphatic rings. The number of carboxylic acids is 1. The van der Waals surface area contributed by atoms with Gasteiger partial charge in [-0.1, -0.05) is 30.3 Å². The average Bonchev–Trinajstić information content (AvgIpc) is 2.75. The quantitative estimate of drug-likeness (QED) is 0.857. The summed E-state index contributed by atoms with van der Waals surface area (Å²) in [6.45, 7) is 0. The molecular weight excluding hydrogens is 218 g/mol. The minimum absolute atomic E-state index is 0.0469. The van der Waals surface area contributed by atoms with Crippen molar-refractivity contribution in [2.75, 3.05) is 0 Å². The Kier molecular flexibility index (Phi) is 3.55. The molecule has 2 rings (SSSR count). The molecule has 1 N–H and O–H groups in total. The molecule has 0 radical (unpaired) electrons. The zero-order chi connectivity index (χ0) is 12.1. The van der Waals surface area contributed by atoms with Gasteiger partial charge in [0.15, 0.2) is 5.89 Å². The lowest BCUT2D eigenvalue weighted by Crippen LogP contribution is -1.98. The minimum Gasteiger partial charge on any atom is -0.481 e. The number of hydrogen-bond acceptors (Lipinski definition) is 3. The van der Waals surface area contributed by atoms with Crippen LogP contribution >= 0.6 is 0 Å². The summed E-state index contributed by atoms with van der Waals surface area (Å²) < 4.78 is 5.21. The van der Waals surface area contributed by atoms with Crippen molar-refractivity contribution in [1.29, 1.82) is 0 Å². The number of aryl methyl sites for hydroxylation is 1. The first-order valence-electron chi connectivity index (χ1n) is 5.43. The first-order valence-corrected chi connectivity index (χ1v) is 5.43. The van der Waals surface area contributed by atoms with Crippen LogP contribution < -0.4 is 0 Å². The highest BCUT2D eigenvalue weighted by Crippen LogP contribution is 2.10. The molecule has 2 aromatic rings. The van der Waals surface area contributed by atoms with E-state index in [1.165, 1.54) is 0 Å². The lowest BCUT2D eigenvalue weighted by atomic mass is 10.1. The molecule has 0 saturated carbocycles. The molecule has 0 fully saturated rings. The summed E-state index contributed by atoms with van der Waals surface area (Å²) in [4.78, 5) is 14.6. The van der Waals surface area contributed by atoms with Crippen LogP contribution in [0.25, 0.3) is 0 Å². The number of carbonyl (C=O) groups is 1. The van der Waals surface area contributed by atoms with Crippen molar-refractivity contribution < 1.29 is 14.3 Å². The topological polar surface area (TPSA) is 63.3 Å². The van der Waals surface area contributed by atoms with Gasteiger partial charge in [-0.3, -0.25) is 4.79 Å². The molecule has 0 aliphatic heterocycles. The Morgan fingerprint density at radius 2 is 2.06 bits per heavy atom. The summed E-state index contributed by atoms with van der Waals surface area (Å²) in [5, 5.41) is 8.55. The summed E-state index contributed by atoms with van der Waals surface area (Å²) in [6, 6.07) is 9.95. The Labute approximate surface area is 98.9 Å². The van der Waals surface area contributed by atoms with Crippen molar-refractivity contribution in [1.82, 2.24) is 4.98 Å². The summed E-state index contributed by atoms with van der Waals surface area (Å²) in [5.74, 6) is -0.355. The van der Waals surface area contributed by atoms with Gasteiger partial charge in [-0.25, -0.2) is 4.98 Å². The van der Waals surface area contributed by atoms with E-state index in [0.29, 0.717) is 18.7 Å². The van der Waals surface area contributed by atoms with Gasteiger partial charge in [0.05, 0.1) is 12.1 Å². The second-order valence-corrected chi connectivity index (χ2v) is 3.79. The highest BCUT2D eigenvalue weighted by molar-refractivity contribution is 5.66. The normalized spacial score (nSPS) is 10.4. The second kappa shape index (κ2) is 5.30. The highest BCUT2D eigenvalue weighted by Gasteiger charge is 2.06. The lowest BCUT2D eigenvalue weighted by molar-refractivity contribution is -0.137. The minimum atomic E-state index is -0.840. The van der Waals surface area contributed by atoms with Crippen molar-refractivity contribution in [2.24, 2.45) is 0 Å². The molecule has 17 heavy (non-hydrogen) atoms. The van der Waals surface area contributed by atoms with E-state index in [-0.39, 0.29) is 6.42 Å². The van der Waals surface area contributed by atoms with E-state index in [4.69, 9.17) is 9.52 Å². The largest absolute Gasteiger partial charge is 0.481 e. The molecule has 0 aliphatic carbocycles. The fraction of sp³-hybridized carbons (Fsp3) is 0.231. The zero-order valence-corrected chi connectivity index (χ0v) is 9.30. The number of nitrogens with zero attached hydrogens (tertiary/aromatic N) is 1. The van der Waals surface area contributed by atoms with Crippen molar-refractivity contribution in [3.63, 3.8) is 0 Å². The fourth-order valence-electron chi connectivity index (χ4n) is 1.56. The number of aromatic nitrogens is 1. The smallest absolute Gasteiger partial charge is 0.303 e. The molecule has 0 spiro atoms. The number of oxazole rings is 1. The maximum absolute atomic E-state index is 10.4. The Hall–Kier alpha value is -2.10. The number of hydrogen-bond donors (Lipinski definition) is 1. The van der Waals surface area contributed by atoms with Gasteiger partial charge in [0, 0.05) is 12.8 Å². The number of rotatable bonds is 5. The zero-order valence-electron chi connectivity index (χ0n) is 9.30. The monoisotopic (exact) mass is 231 g/mol. The lowest BCUT2D eigenvalue weighted by Gasteiger charge is -1.95. The van der Waals surface area contributed by atoms with Gasteiger partial charge in [-0.2, -0.15) is 0 Å². The van der Waals surface area contributed by atoms with E-state index < -0.39 is 5.97 Å². The van der Waals surface area contributed by atoms with Gasteiger partial charge in [0.2, 0.25) is 0 Å². The van der Waals surface area contributed by atoms with Crippen LogP contribution in [-0.4, -0.2) is 16.1 Å². The van der Waals surface area contributed by atoms with Crippen LogP contribution in [0.5, 0.6) is 0 Å². The molecule has 0 saturated heterocycles. The van der Waals surface area contributed by atoms with Crippen LogP contribution in [0.3, 0.4) is 0 Å². The van der Waals surface area contributed by atoms with Crippen LogP contribution in [0.4, 0.5) is 0 Å². The maximum Gasteiger partial charge on any atom is 0.303 e. The van der Waals surface area contributed by atoms with Crippen LogP contribution in [0.1, 0.15) is 23.6 Å². The van der Waals surface area contributed by atoms with Crippen LogP contribution in [0.2, 0.25) is 0 Å². The number of benzene rings is 1.